The van der Waals surface area contributed by atoms with Gasteiger partial charge in [0.2, 0.25) is 0 Å². The van der Waals surface area contributed by atoms with Gasteiger partial charge in [-0.1, -0.05) is 177 Å². The molecule has 2 unspecified atom stereocenters. The van der Waals surface area contributed by atoms with Gasteiger partial charge in [0.1, 0.15) is 12.6 Å². The van der Waals surface area contributed by atoms with Gasteiger partial charge in [-0.15, -0.1) is 0 Å². The van der Waals surface area contributed by atoms with Gasteiger partial charge in [0.05, 0.1) is 19.3 Å². The first-order valence-corrected chi connectivity index (χ1v) is 23.9. The zero-order valence-corrected chi connectivity index (χ0v) is 37.3. The molecule has 0 amide bonds. The lowest BCUT2D eigenvalue weighted by atomic mass is 10.0. The molecule has 0 aliphatic carbocycles. The van der Waals surface area contributed by atoms with E-state index in [9.17, 15) is 28.9 Å². The van der Waals surface area contributed by atoms with E-state index in [1.807, 2.05) is 12.2 Å². The molecule has 0 aromatic heterocycles. The fourth-order valence-electron chi connectivity index (χ4n) is 5.86. The molecule has 0 saturated heterocycles. The third kappa shape index (κ3) is 40.3. The Hall–Kier alpha value is -2.86. The van der Waals surface area contributed by atoms with E-state index in [4.69, 9.17) is 24.8 Å². The maximum atomic E-state index is 12.6. The van der Waals surface area contributed by atoms with Gasteiger partial charge in [0.25, 0.3) is 0 Å². The summed E-state index contributed by atoms with van der Waals surface area (Å²) in [6.45, 7) is 2.50. The molecule has 340 valence electrons. The second-order valence-corrected chi connectivity index (χ2v) is 16.5. The fraction of sp³-hybridized carbons (Fsp3) is 0.717. The van der Waals surface area contributed by atoms with Crippen LogP contribution in [0.5, 0.6) is 0 Å². The standard InChI is InChI=1S/C46H80NO11P/c1-3-5-7-9-11-13-15-17-18-19-20-22-24-26-28-30-32-36-44(49)55-38-42(39-56-59(53,54)57-40-43(47)46(51)52)58-45(50)37-33-35-41(48)34-31-29-27-25-23-21-16-14-12-10-8-6-4-2/h6,8,12,14,21,23,27,29,31,34,41-43,48H,3-5,7,9-11,13,15-20,22,24-26,28,30,32-33,35-40,47H2,1-2H3,(H,51,52)(H,53,54)/b8-6-,14-12-,23-21-,29-27-,34-31+/t41?,42-,43+/m1/s1. The molecule has 0 aromatic rings. The minimum absolute atomic E-state index is 0.0701. The zero-order valence-electron chi connectivity index (χ0n) is 36.4. The smallest absolute Gasteiger partial charge is 0.472 e. The first kappa shape index (κ1) is 56.1. The third-order valence-corrected chi connectivity index (χ3v) is 10.3. The van der Waals surface area contributed by atoms with Crippen LogP contribution in [0, 0.1) is 0 Å². The topological polar surface area (TPSA) is 192 Å². The second-order valence-electron chi connectivity index (χ2n) is 15.0. The van der Waals surface area contributed by atoms with Crippen LogP contribution in [0.3, 0.4) is 0 Å². The van der Waals surface area contributed by atoms with Gasteiger partial charge in [-0.2, -0.15) is 0 Å². The number of phosphoric acid groups is 1. The first-order valence-electron chi connectivity index (χ1n) is 22.4. The van der Waals surface area contributed by atoms with Crippen LogP contribution in [0.1, 0.15) is 174 Å². The van der Waals surface area contributed by atoms with Gasteiger partial charge in [0, 0.05) is 12.8 Å². The summed E-state index contributed by atoms with van der Waals surface area (Å²) in [4.78, 5) is 46.0. The van der Waals surface area contributed by atoms with E-state index in [0.29, 0.717) is 12.8 Å². The Morgan fingerprint density at radius 3 is 1.61 bits per heavy atom. The maximum Gasteiger partial charge on any atom is 0.472 e. The van der Waals surface area contributed by atoms with Crippen LogP contribution >= 0.6 is 7.82 Å². The molecular weight excluding hydrogens is 773 g/mol. The van der Waals surface area contributed by atoms with Crippen LogP contribution in [0.25, 0.3) is 0 Å². The van der Waals surface area contributed by atoms with Crippen LogP contribution < -0.4 is 5.73 Å². The number of carbonyl (C=O) groups excluding carboxylic acids is 2. The Morgan fingerprint density at radius 2 is 1.08 bits per heavy atom. The van der Waals surface area contributed by atoms with E-state index in [1.54, 1.807) is 12.2 Å². The highest BCUT2D eigenvalue weighted by molar-refractivity contribution is 7.47. The monoisotopic (exact) mass is 854 g/mol. The molecule has 4 atom stereocenters. The number of carboxylic acid groups (broad SMARTS) is 1. The average molecular weight is 854 g/mol. The molecule has 0 fully saturated rings. The summed E-state index contributed by atoms with van der Waals surface area (Å²) in [5.74, 6) is -2.61. The molecule has 5 N–H and O–H groups in total. The van der Waals surface area contributed by atoms with Crippen molar-refractivity contribution in [2.45, 2.75) is 193 Å². The fourth-order valence-corrected chi connectivity index (χ4v) is 6.64. The number of unbranched alkanes of at least 4 members (excludes halogenated alkanes) is 16. The Bertz CT molecular complexity index is 1250. The normalized spacial score (nSPS) is 14.8. The molecule has 0 saturated carbocycles. The molecule has 59 heavy (non-hydrogen) atoms. The Balaban J connectivity index is 4.52. The van der Waals surface area contributed by atoms with Crippen molar-refractivity contribution in [3.63, 3.8) is 0 Å². The van der Waals surface area contributed by atoms with Gasteiger partial charge in [-0.05, 0) is 44.9 Å². The molecule has 0 aliphatic rings. The lowest BCUT2D eigenvalue weighted by Crippen LogP contribution is -2.34. The van der Waals surface area contributed by atoms with E-state index >= 15 is 0 Å². The van der Waals surface area contributed by atoms with Gasteiger partial charge < -0.3 is 30.3 Å². The van der Waals surface area contributed by atoms with Gasteiger partial charge in [-0.3, -0.25) is 23.4 Å². The number of esters is 2. The van der Waals surface area contributed by atoms with Crippen LogP contribution in [0.4, 0.5) is 0 Å². The number of allylic oxidation sites excluding steroid dienone is 9. The van der Waals surface area contributed by atoms with Crippen molar-refractivity contribution in [2.75, 3.05) is 19.8 Å². The summed E-state index contributed by atoms with van der Waals surface area (Å²) in [7, 11) is -4.77. The van der Waals surface area contributed by atoms with Gasteiger partial charge >= 0.3 is 25.7 Å². The van der Waals surface area contributed by atoms with Crippen molar-refractivity contribution in [2.24, 2.45) is 5.73 Å². The summed E-state index contributed by atoms with van der Waals surface area (Å²) in [5.41, 5.74) is 5.32. The molecule has 0 aromatic carbocycles. The summed E-state index contributed by atoms with van der Waals surface area (Å²) in [5, 5.41) is 19.2. The van der Waals surface area contributed by atoms with Gasteiger partial charge in [0.15, 0.2) is 6.10 Å². The first-order chi connectivity index (χ1) is 28.5. The molecule has 0 spiro atoms. The zero-order chi connectivity index (χ0) is 43.7. The minimum atomic E-state index is -4.77. The Kier molecular flexibility index (Phi) is 38.6. The molecule has 0 aliphatic heterocycles. The summed E-state index contributed by atoms with van der Waals surface area (Å²) >= 11 is 0. The molecule has 0 rings (SSSR count). The van der Waals surface area contributed by atoms with Crippen molar-refractivity contribution in [3.05, 3.63) is 60.8 Å². The molecule has 0 radical (unpaired) electrons. The second kappa shape index (κ2) is 40.5. The van der Waals surface area contributed by atoms with E-state index in [1.165, 1.54) is 83.5 Å². The van der Waals surface area contributed by atoms with Crippen molar-refractivity contribution in [1.82, 2.24) is 0 Å². The molecular formula is C46H80NO11P. The summed E-state index contributed by atoms with van der Waals surface area (Å²) in [6, 6.07) is -1.55. The number of hydrogen-bond acceptors (Lipinski definition) is 10. The van der Waals surface area contributed by atoms with Gasteiger partial charge in [-0.25, -0.2) is 4.57 Å². The highest BCUT2D eigenvalue weighted by atomic mass is 31.2. The predicted octanol–water partition coefficient (Wildman–Crippen LogP) is 10.9. The number of carbonyl (C=O) groups is 3. The maximum absolute atomic E-state index is 12.6. The van der Waals surface area contributed by atoms with Crippen LogP contribution in [0.15, 0.2) is 60.8 Å². The summed E-state index contributed by atoms with van der Waals surface area (Å²) < 4.78 is 32.6. The van der Waals surface area contributed by atoms with Crippen molar-refractivity contribution >= 4 is 25.7 Å². The number of nitrogens with two attached hydrogens (primary N) is 1. The molecule has 0 heterocycles. The van der Waals surface area contributed by atoms with Crippen LogP contribution in [0.2, 0.25) is 0 Å². The molecule has 12 nitrogen and oxygen atoms in total. The highest BCUT2D eigenvalue weighted by Gasteiger charge is 2.28. The van der Waals surface area contributed by atoms with E-state index in [-0.39, 0.29) is 19.3 Å². The summed E-state index contributed by atoms with van der Waals surface area (Å²) in [6.07, 6.45) is 43.2. The number of aliphatic carboxylic acids is 1. The lowest BCUT2D eigenvalue weighted by molar-refractivity contribution is -0.161. The number of aliphatic hydroxyl groups excluding tert-OH is 1. The Morgan fingerprint density at radius 1 is 0.610 bits per heavy atom. The number of rotatable bonds is 41. The van der Waals surface area contributed by atoms with Crippen LogP contribution in [-0.4, -0.2) is 71.1 Å². The van der Waals surface area contributed by atoms with E-state index in [0.717, 1.165) is 44.9 Å². The molecule has 13 heteroatoms. The third-order valence-electron chi connectivity index (χ3n) is 9.38. The quantitative estimate of drug-likeness (QED) is 0.0150. The van der Waals surface area contributed by atoms with Crippen LogP contribution in [-0.2, 0) is 37.5 Å². The van der Waals surface area contributed by atoms with Crippen molar-refractivity contribution in [1.29, 1.82) is 0 Å². The highest BCUT2D eigenvalue weighted by Crippen LogP contribution is 2.43. The SMILES string of the molecule is CC/C=C\C/C=C\C/C=C\C/C=C\C=C\C(O)CCCC(=O)O[C@H](COC(=O)CCCCCCCCCCCCCCCCCCC)COP(=O)(O)OC[C@H](N)C(=O)O. The lowest BCUT2D eigenvalue weighted by Gasteiger charge is -2.20. The number of aliphatic hydroxyl groups is 1. The Labute approximate surface area is 356 Å². The number of phosphoric ester groups is 1. The molecule has 0 bridgehead atoms. The minimum Gasteiger partial charge on any atom is -0.480 e. The van der Waals surface area contributed by atoms with Crippen molar-refractivity contribution in [3.8, 4) is 0 Å². The number of carboxylic acids is 1. The predicted molar refractivity (Wildman–Crippen MR) is 237 cm³/mol. The average Bonchev–Trinajstić information content (AvgIpc) is 3.20. The van der Waals surface area contributed by atoms with E-state index in [2.05, 4.69) is 54.8 Å². The number of hydrogen-bond donors (Lipinski definition) is 4. The largest absolute Gasteiger partial charge is 0.480 e. The van der Waals surface area contributed by atoms with E-state index < -0.39 is 63.8 Å². The van der Waals surface area contributed by atoms with Crippen molar-refractivity contribution < 1.29 is 52.6 Å². The number of ether oxygens (including phenoxy) is 2.